The molecule has 0 aliphatic heterocycles. The van der Waals surface area contributed by atoms with Crippen LogP contribution in [-0.4, -0.2) is 6.47 Å². The fourth-order valence-electron chi connectivity index (χ4n) is 0.788. The normalized spacial score (nSPS) is 9.50. The summed E-state index contributed by atoms with van der Waals surface area (Å²) in [6.07, 6.45) is 0. The largest absolute Gasteiger partial charge is 0.463 e. The zero-order valence-corrected chi connectivity index (χ0v) is 6.09. The van der Waals surface area contributed by atoms with Gasteiger partial charge in [0, 0.05) is 0 Å². The fraction of sp³-hybridized carbons (Fsp3) is 0.125. The molecule has 1 aromatic carbocycles. The Hall–Kier alpha value is -1.45. The highest BCUT2D eigenvalue weighted by Gasteiger charge is 2.07. The Bertz CT molecular complexity index is 266. The number of halogens is 2. The van der Waals surface area contributed by atoms with E-state index in [1.807, 2.05) is 0 Å². The molecule has 0 spiro atoms. The number of rotatable bonds is 3. The van der Waals surface area contributed by atoms with Gasteiger partial charge in [-0.15, -0.1) is 0 Å². The summed E-state index contributed by atoms with van der Waals surface area (Å²) in [5.41, 5.74) is -0.232. The van der Waals surface area contributed by atoms with Crippen LogP contribution in [0.15, 0.2) is 18.2 Å². The lowest BCUT2D eigenvalue weighted by Gasteiger charge is -2.01. The Kier molecular flexibility index (Phi) is 2.74. The monoisotopic (exact) mass is 172 g/mol. The van der Waals surface area contributed by atoms with E-state index in [1.54, 1.807) is 0 Å². The van der Waals surface area contributed by atoms with E-state index >= 15 is 0 Å². The van der Waals surface area contributed by atoms with Crippen LogP contribution in [0.4, 0.5) is 8.78 Å². The van der Waals surface area contributed by atoms with Crippen molar-refractivity contribution in [3.63, 3.8) is 0 Å². The molecular weight excluding hydrogens is 166 g/mol. The minimum Gasteiger partial charge on any atom is -0.463 e. The van der Waals surface area contributed by atoms with Gasteiger partial charge in [-0.1, -0.05) is 6.07 Å². The van der Waals surface area contributed by atoms with E-state index in [9.17, 15) is 13.6 Å². The molecule has 0 bridgehead atoms. The van der Waals surface area contributed by atoms with Crippen molar-refractivity contribution in [2.24, 2.45) is 0 Å². The average Bonchev–Trinajstić information content (AvgIpc) is 2.04. The molecule has 0 aromatic heterocycles. The molecule has 0 radical (unpaired) electrons. The predicted molar refractivity (Wildman–Crippen MR) is 37.2 cm³/mol. The van der Waals surface area contributed by atoms with E-state index in [0.29, 0.717) is 0 Å². The van der Waals surface area contributed by atoms with E-state index in [4.69, 9.17) is 0 Å². The number of ether oxygens (including phenoxy) is 1. The summed E-state index contributed by atoms with van der Waals surface area (Å²) in [6, 6.07) is 3.45. The lowest BCUT2D eigenvalue weighted by molar-refractivity contribution is -0.129. The van der Waals surface area contributed by atoms with Gasteiger partial charge in [0.1, 0.15) is 18.2 Å². The molecule has 0 unspecified atom stereocenters. The van der Waals surface area contributed by atoms with Gasteiger partial charge >= 0.3 is 0 Å². The standard InChI is InChI=1S/C8H6F2O2/c9-7-2-1-3-8(10)6(7)4-12-5-11/h1-3,5H,4H2. The van der Waals surface area contributed by atoms with Crippen molar-refractivity contribution in [2.45, 2.75) is 6.61 Å². The first kappa shape index (κ1) is 8.64. The van der Waals surface area contributed by atoms with Crippen LogP contribution in [-0.2, 0) is 16.1 Å². The first-order valence-corrected chi connectivity index (χ1v) is 3.24. The number of hydrogen-bond donors (Lipinski definition) is 0. The van der Waals surface area contributed by atoms with Crippen LogP contribution in [0.2, 0.25) is 0 Å². The van der Waals surface area contributed by atoms with Gasteiger partial charge in [-0.3, -0.25) is 4.79 Å². The minimum absolute atomic E-state index is 0.145. The molecule has 0 fully saturated rings. The van der Waals surface area contributed by atoms with Crippen LogP contribution in [0.1, 0.15) is 5.56 Å². The van der Waals surface area contributed by atoms with Crippen molar-refractivity contribution in [3.8, 4) is 0 Å². The molecule has 0 amide bonds. The third kappa shape index (κ3) is 1.78. The Morgan fingerprint density at radius 2 is 1.92 bits per heavy atom. The Morgan fingerprint density at radius 1 is 1.33 bits per heavy atom. The van der Waals surface area contributed by atoms with Crippen molar-refractivity contribution in [3.05, 3.63) is 35.4 Å². The molecule has 0 saturated heterocycles. The van der Waals surface area contributed by atoms with E-state index in [1.165, 1.54) is 6.07 Å². The molecular formula is C8H6F2O2. The summed E-state index contributed by atoms with van der Waals surface area (Å²) in [5, 5.41) is 0. The summed E-state index contributed by atoms with van der Waals surface area (Å²) >= 11 is 0. The van der Waals surface area contributed by atoms with Crippen LogP contribution in [0.25, 0.3) is 0 Å². The lowest BCUT2D eigenvalue weighted by Crippen LogP contribution is -1.97. The first-order chi connectivity index (χ1) is 5.75. The van der Waals surface area contributed by atoms with Crippen LogP contribution in [0.5, 0.6) is 0 Å². The topological polar surface area (TPSA) is 26.3 Å². The third-order valence-corrected chi connectivity index (χ3v) is 1.36. The first-order valence-electron chi connectivity index (χ1n) is 3.24. The fourth-order valence-corrected chi connectivity index (χ4v) is 0.788. The van der Waals surface area contributed by atoms with E-state index in [-0.39, 0.29) is 18.6 Å². The Labute approximate surface area is 67.8 Å². The summed E-state index contributed by atoms with van der Waals surface area (Å²) in [4.78, 5) is 9.73. The van der Waals surface area contributed by atoms with Crippen LogP contribution < -0.4 is 0 Å². The Morgan fingerprint density at radius 3 is 2.42 bits per heavy atom. The highest BCUT2D eigenvalue weighted by molar-refractivity contribution is 5.37. The average molecular weight is 172 g/mol. The zero-order chi connectivity index (χ0) is 8.97. The minimum atomic E-state index is -0.711. The van der Waals surface area contributed by atoms with Crippen molar-refractivity contribution >= 4 is 6.47 Å². The second-order valence-electron chi connectivity index (χ2n) is 2.11. The maximum atomic E-state index is 12.7. The Balaban J connectivity index is 2.88. The number of carbonyl (C=O) groups excluding carboxylic acids is 1. The number of benzene rings is 1. The summed E-state index contributed by atoms with van der Waals surface area (Å²) < 4.78 is 29.7. The molecule has 12 heavy (non-hydrogen) atoms. The molecule has 0 heterocycles. The quantitative estimate of drug-likeness (QED) is 0.648. The molecule has 0 aliphatic rings. The molecule has 4 heteroatoms. The van der Waals surface area contributed by atoms with Crippen molar-refractivity contribution in [1.29, 1.82) is 0 Å². The van der Waals surface area contributed by atoms with Gasteiger partial charge < -0.3 is 4.74 Å². The molecule has 0 aliphatic carbocycles. The SMILES string of the molecule is O=COCc1c(F)cccc1F. The highest BCUT2D eigenvalue weighted by Crippen LogP contribution is 2.12. The van der Waals surface area contributed by atoms with Gasteiger partial charge in [-0.05, 0) is 12.1 Å². The summed E-state index contributed by atoms with van der Waals surface area (Å²) in [6.45, 7) is -0.228. The van der Waals surface area contributed by atoms with Crippen molar-refractivity contribution in [2.75, 3.05) is 0 Å². The molecule has 1 rings (SSSR count). The van der Waals surface area contributed by atoms with Gasteiger partial charge in [0.25, 0.3) is 6.47 Å². The third-order valence-electron chi connectivity index (χ3n) is 1.36. The van der Waals surface area contributed by atoms with Gasteiger partial charge in [-0.2, -0.15) is 0 Å². The number of hydrogen-bond acceptors (Lipinski definition) is 2. The number of carbonyl (C=O) groups is 1. The smallest absolute Gasteiger partial charge is 0.293 e. The molecule has 1 aromatic rings. The molecule has 0 N–H and O–H groups in total. The summed E-state index contributed by atoms with van der Waals surface area (Å²) in [7, 11) is 0. The predicted octanol–water partition coefficient (Wildman–Crippen LogP) is 1.64. The van der Waals surface area contributed by atoms with Crippen molar-refractivity contribution < 1.29 is 18.3 Å². The summed E-state index contributed by atoms with van der Waals surface area (Å²) in [5.74, 6) is -1.42. The van der Waals surface area contributed by atoms with Crippen LogP contribution >= 0.6 is 0 Å². The second-order valence-corrected chi connectivity index (χ2v) is 2.11. The molecule has 2 nitrogen and oxygen atoms in total. The van der Waals surface area contributed by atoms with E-state index in [2.05, 4.69) is 4.74 Å². The second kappa shape index (κ2) is 3.80. The van der Waals surface area contributed by atoms with Gasteiger partial charge in [0.05, 0.1) is 5.56 Å². The lowest BCUT2D eigenvalue weighted by atomic mass is 10.2. The molecule has 64 valence electrons. The van der Waals surface area contributed by atoms with Crippen LogP contribution in [0.3, 0.4) is 0 Å². The maximum Gasteiger partial charge on any atom is 0.293 e. The van der Waals surface area contributed by atoms with Gasteiger partial charge in [0.15, 0.2) is 0 Å². The van der Waals surface area contributed by atoms with Gasteiger partial charge in [0.2, 0.25) is 0 Å². The highest BCUT2D eigenvalue weighted by atomic mass is 19.1. The maximum absolute atomic E-state index is 12.7. The van der Waals surface area contributed by atoms with E-state index in [0.717, 1.165) is 12.1 Å². The molecule has 0 saturated carbocycles. The van der Waals surface area contributed by atoms with Gasteiger partial charge in [-0.25, -0.2) is 8.78 Å². The molecule has 0 atom stereocenters. The van der Waals surface area contributed by atoms with E-state index < -0.39 is 11.6 Å². The van der Waals surface area contributed by atoms with Crippen molar-refractivity contribution in [1.82, 2.24) is 0 Å². The van der Waals surface area contributed by atoms with Crippen LogP contribution in [0, 0.1) is 11.6 Å². The zero-order valence-electron chi connectivity index (χ0n) is 6.09.